The maximum absolute atomic E-state index is 12.0. The van der Waals surface area contributed by atoms with Crippen LogP contribution < -0.4 is 5.32 Å². The van der Waals surface area contributed by atoms with Gasteiger partial charge in [-0.25, -0.2) is 0 Å². The molecule has 0 aromatic heterocycles. The molecule has 0 heterocycles. The number of esters is 1. The van der Waals surface area contributed by atoms with Gasteiger partial charge in [-0.1, -0.05) is 20.3 Å². The normalized spacial score (nSPS) is 13.2. The lowest BCUT2D eigenvalue weighted by molar-refractivity contribution is -0.394. The maximum Gasteiger partial charge on any atom is 0.323 e. The van der Waals surface area contributed by atoms with Crippen LogP contribution in [0.25, 0.3) is 0 Å². The predicted octanol–water partition coefficient (Wildman–Crippen LogP) is 2.18. The average molecular weight is 325 g/mol. The minimum Gasteiger partial charge on any atom is -0.460 e. The van der Waals surface area contributed by atoms with Crippen molar-refractivity contribution < 1.29 is 19.4 Å². The number of rotatable bonds is 8. The van der Waals surface area contributed by atoms with Crippen LogP contribution in [0, 0.1) is 26.1 Å². The highest BCUT2D eigenvalue weighted by Crippen LogP contribution is 2.23. The molecule has 0 radical (unpaired) electrons. The van der Waals surface area contributed by atoms with Crippen molar-refractivity contribution in [2.24, 2.45) is 5.92 Å². The highest BCUT2D eigenvalue weighted by atomic mass is 16.6. The number of ether oxygens (including phenoxy) is 1. The van der Waals surface area contributed by atoms with Crippen LogP contribution in [0.15, 0.2) is 18.2 Å². The van der Waals surface area contributed by atoms with E-state index in [0.717, 1.165) is 24.6 Å². The molecule has 0 amide bonds. The molecule has 23 heavy (non-hydrogen) atoms. The van der Waals surface area contributed by atoms with Gasteiger partial charge in [0.15, 0.2) is 0 Å². The molecule has 0 spiro atoms. The van der Waals surface area contributed by atoms with Crippen LogP contribution in [-0.4, -0.2) is 28.9 Å². The number of carbonyl (C=O) groups excluding carboxylic acids is 1. The zero-order chi connectivity index (χ0) is 17.6. The molecule has 0 bridgehead atoms. The smallest absolute Gasteiger partial charge is 0.323 e. The van der Waals surface area contributed by atoms with Gasteiger partial charge >= 0.3 is 5.97 Å². The van der Waals surface area contributed by atoms with Gasteiger partial charge in [0.2, 0.25) is 0 Å². The van der Waals surface area contributed by atoms with Gasteiger partial charge in [0.25, 0.3) is 11.4 Å². The number of nitrogens with zero attached hydrogens (tertiary/aromatic N) is 2. The first kappa shape index (κ1) is 18.5. The molecule has 0 saturated heterocycles. The minimum absolute atomic E-state index is 0.0481. The van der Waals surface area contributed by atoms with Crippen LogP contribution in [-0.2, 0) is 16.1 Å². The van der Waals surface area contributed by atoms with Crippen LogP contribution in [0.5, 0.6) is 0 Å². The summed E-state index contributed by atoms with van der Waals surface area (Å²) >= 11 is 0. The SMILES string of the molecule is CC[C@H](C)[C@H](NC)C(=O)OCc1cc([N+](=O)[O-])cc([N+](=O)[O-])c1. The van der Waals surface area contributed by atoms with Crippen LogP contribution in [0.4, 0.5) is 11.4 Å². The molecule has 0 saturated carbocycles. The predicted molar refractivity (Wildman–Crippen MR) is 81.8 cm³/mol. The number of hydrogen-bond donors (Lipinski definition) is 1. The van der Waals surface area contributed by atoms with Gasteiger partial charge < -0.3 is 10.1 Å². The summed E-state index contributed by atoms with van der Waals surface area (Å²) in [5.74, 6) is -0.456. The van der Waals surface area contributed by atoms with Gasteiger partial charge in [-0.05, 0) is 13.0 Å². The Hall–Kier alpha value is -2.55. The Labute approximate surface area is 132 Å². The molecular formula is C14H19N3O6. The molecule has 1 aromatic rings. The molecule has 1 rings (SSSR count). The maximum atomic E-state index is 12.0. The van der Waals surface area contributed by atoms with Gasteiger partial charge in [-0.2, -0.15) is 0 Å². The van der Waals surface area contributed by atoms with E-state index >= 15 is 0 Å². The number of benzene rings is 1. The van der Waals surface area contributed by atoms with Crippen molar-refractivity contribution in [1.82, 2.24) is 5.32 Å². The van der Waals surface area contributed by atoms with E-state index in [1.54, 1.807) is 7.05 Å². The summed E-state index contributed by atoms with van der Waals surface area (Å²) in [5.41, 5.74) is -0.645. The summed E-state index contributed by atoms with van der Waals surface area (Å²) in [6.07, 6.45) is 0.767. The van der Waals surface area contributed by atoms with Crippen LogP contribution in [0.2, 0.25) is 0 Å². The van der Waals surface area contributed by atoms with E-state index in [-0.39, 0.29) is 18.1 Å². The Morgan fingerprint density at radius 1 is 1.22 bits per heavy atom. The second-order valence-corrected chi connectivity index (χ2v) is 5.13. The lowest BCUT2D eigenvalue weighted by Crippen LogP contribution is -2.40. The van der Waals surface area contributed by atoms with Crippen molar-refractivity contribution in [1.29, 1.82) is 0 Å². The fraction of sp³-hybridized carbons (Fsp3) is 0.500. The second kappa shape index (κ2) is 8.18. The fourth-order valence-corrected chi connectivity index (χ4v) is 2.07. The first-order valence-electron chi connectivity index (χ1n) is 7.06. The van der Waals surface area contributed by atoms with Gasteiger partial charge in [-0.3, -0.25) is 25.0 Å². The molecule has 1 aromatic carbocycles. The molecule has 126 valence electrons. The van der Waals surface area contributed by atoms with Crippen molar-refractivity contribution >= 4 is 17.3 Å². The quantitative estimate of drug-likeness (QED) is 0.441. The Bertz CT molecular complexity index is 572. The van der Waals surface area contributed by atoms with Gasteiger partial charge in [0, 0.05) is 17.7 Å². The number of hydrogen-bond acceptors (Lipinski definition) is 7. The monoisotopic (exact) mass is 325 g/mol. The Balaban J connectivity index is 2.90. The van der Waals surface area contributed by atoms with Crippen molar-refractivity contribution in [3.05, 3.63) is 44.0 Å². The molecule has 9 heteroatoms. The zero-order valence-electron chi connectivity index (χ0n) is 13.1. The number of nitro benzene ring substituents is 2. The van der Waals surface area contributed by atoms with Crippen LogP contribution >= 0.6 is 0 Å². The van der Waals surface area contributed by atoms with Crippen molar-refractivity contribution in [3.63, 3.8) is 0 Å². The topological polar surface area (TPSA) is 125 Å². The summed E-state index contributed by atoms with van der Waals surface area (Å²) in [5, 5.41) is 24.5. The third kappa shape index (κ3) is 4.99. The summed E-state index contributed by atoms with van der Waals surface area (Å²) in [6, 6.07) is 2.66. The Morgan fingerprint density at radius 3 is 2.13 bits per heavy atom. The number of nitrogens with one attached hydrogen (secondary N) is 1. The van der Waals surface area contributed by atoms with E-state index in [0.29, 0.717) is 0 Å². The number of nitro groups is 2. The zero-order valence-corrected chi connectivity index (χ0v) is 13.1. The van der Waals surface area contributed by atoms with E-state index in [4.69, 9.17) is 4.74 Å². The first-order chi connectivity index (χ1) is 10.8. The summed E-state index contributed by atoms with van der Waals surface area (Å²) in [4.78, 5) is 32.2. The van der Waals surface area contributed by atoms with Crippen LogP contribution in [0.3, 0.4) is 0 Å². The fourth-order valence-electron chi connectivity index (χ4n) is 2.07. The summed E-state index contributed by atoms with van der Waals surface area (Å²) in [6.45, 7) is 3.56. The highest BCUT2D eigenvalue weighted by Gasteiger charge is 2.24. The van der Waals surface area contributed by atoms with Crippen molar-refractivity contribution in [2.45, 2.75) is 32.9 Å². The third-order valence-corrected chi connectivity index (χ3v) is 3.54. The Kier molecular flexibility index (Phi) is 6.58. The number of carbonyl (C=O) groups is 1. The van der Waals surface area contributed by atoms with E-state index in [2.05, 4.69) is 5.32 Å². The lowest BCUT2D eigenvalue weighted by atomic mass is 9.99. The molecule has 0 unspecified atom stereocenters. The number of non-ortho nitro benzene ring substituents is 2. The van der Waals surface area contributed by atoms with Gasteiger partial charge in [0.1, 0.15) is 12.6 Å². The summed E-state index contributed by atoms with van der Waals surface area (Å²) in [7, 11) is 1.64. The standard InChI is InChI=1S/C14H19N3O6/c1-4-9(2)13(15-3)14(18)23-8-10-5-11(16(19)20)7-12(6-10)17(21)22/h5-7,9,13,15H,4,8H2,1-3H3/t9-,13-/m0/s1. The molecule has 2 atom stereocenters. The largest absolute Gasteiger partial charge is 0.460 e. The lowest BCUT2D eigenvalue weighted by Gasteiger charge is -2.20. The van der Waals surface area contributed by atoms with Gasteiger partial charge in [-0.15, -0.1) is 0 Å². The number of likely N-dealkylation sites (N-methyl/N-ethyl adjacent to an activating group) is 1. The second-order valence-electron chi connectivity index (χ2n) is 5.13. The van der Waals surface area contributed by atoms with E-state index in [1.807, 2.05) is 13.8 Å². The molecule has 0 aliphatic heterocycles. The van der Waals surface area contributed by atoms with Crippen molar-refractivity contribution in [2.75, 3.05) is 7.05 Å². The molecule has 0 fully saturated rings. The average Bonchev–Trinajstić information content (AvgIpc) is 2.52. The van der Waals surface area contributed by atoms with Gasteiger partial charge in [0.05, 0.1) is 15.9 Å². The molecule has 1 N–H and O–H groups in total. The van der Waals surface area contributed by atoms with E-state index < -0.39 is 33.2 Å². The minimum atomic E-state index is -0.728. The highest BCUT2D eigenvalue weighted by molar-refractivity contribution is 5.76. The molecular weight excluding hydrogens is 306 g/mol. The third-order valence-electron chi connectivity index (χ3n) is 3.54. The summed E-state index contributed by atoms with van der Waals surface area (Å²) < 4.78 is 5.13. The van der Waals surface area contributed by atoms with E-state index in [9.17, 15) is 25.0 Å². The Morgan fingerprint density at radius 2 is 1.74 bits per heavy atom. The molecule has 0 aliphatic rings. The van der Waals surface area contributed by atoms with E-state index in [1.165, 1.54) is 0 Å². The van der Waals surface area contributed by atoms with Crippen molar-refractivity contribution in [3.8, 4) is 0 Å². The van der Waals surface area contributed by atoms with Crippen LogP contribution in [0.1, 0.15) is 25.8 Å². The first-order valence-corrected chi connectivity index (χ1v) is 7.06. The molecule has 0 aliphatic carbocycles. The molecule has 9 nitrogen and oxygen atoms in total.